The van der Waals surface area contributed by atoms with Gasteiger partial charge in [0, 0.05) is 25.7 Å². The molecule has 0 fully saturated rings. The van der Waals surface area contributed by atoms with Gasteiger partial charge in [-0.25, -0.2) is 0 Å². The molecular formula is C16H33N3. The monoisotopic (exact) mass is 267 g/mol. The summed E-state index contributed by atoms with van der Waals surface area (Å²) in [6, 6.07) is 2.78. The molecule has 0 radical (unpaired) electrons. The number of hydrogen-bond donors (Lipinski definition) is 1. The van der Waals surface area contributed by atoms with E-state index in [1.807, 2.05) is 6.92 Å². The fourth-order valence-electron chi connectivity index (χ4n) is 2.47. The molecule has 0 aliphatic carbocycles. The van der Waals surface area contributed by atoms with Crippen molar-refractivity contribution in [3.05, 3.63) is 0 Å². The van der Waals surface area contributed by atoms with Gasteiger partial charge in [-0.1, -0.05) is 27.7 Å². The van der Waals surface area contributed by atoms with Crippen molar-refractivity contribution in [2.75, 3.05) is 19.6 Å². The van der Waals surface area contributed by atoms with Crippen LogP contribution in [0.15, 0.2) is 0 Å². The van der Waals surface area contributed by atoms with Crippen LogP contribution in [0.5, 0.6) is 0 Å². The lowest BCUT2D eigenvalue weighted by Gasteiger charge is -2.31. The molecule has 0 aromatic rings. The molecule has 19 heavy (non-hydrogen) atoms. The quantitative estimate of drug-likeness (QED) is 0.697. The first-order chi connectivity index (χ1) is 8.68. The van der Waals surface area contributed by atoms with Crippen molar-refractivity contribution in [3.63, 3.8) is 0 Å². The Bertz CT molecular complexity index is 268. The highest BCUT2D eigenvalue weighted by Crippen LogP contribution is 2.13. The van der Waals surface area contributed by atoms with Gasteiger partial charge in [0.2, 0.25) is 0 Å². The maximum Gasteiger partial charge on any atom is 0.105 e. The Morgan fingerprint density at radius 2 is 1.53 bits per heavy atom. The van der Waals surface area contributed by atoms with E-state index in [0.717, 1.165) is 26.1 Å². The van der Waals surface area contributed by atoms with Crippen LogP contribution >= 0.6 is 0 Å². The van der Waals surface area contributed by atoms with Crippen molar-refractivity contribution < 1.29 is 0 Å². The molecule has 0 spiro atoms. The summed E-state index contributed by atoms with van der Waals surface area (Å²) in [5.41, 5.74) is -0.416. The predicted molar refractivity (Wildman–Crippen MR) is 83.0 cm³/mol. The smallest absolute Gasteiger partial charge is 0.105 e. The zero-order valence-corrected chi connectivity index (χ0v) is 14.0. The standard InChI is InChI=1S/C16H33N3/c1-13(2)10-19(11-14(3)4)9-8-16(7,12-17)18-15(5)6/h13-15,18H,8-11H2,1-7H3. The van der Waals surface area contributed by atoms with Gasteiger partial charge in [-0.15, -0.1) is 0 Å². The number of nitrogens with zero attached hydrogens (tertiary/aromatic N) is 2. The molecule has 1 atom stereocenters. The SMILES string of the molecule is CC(C)CN(CCC(C)(C#N)NC(C)C)CC(C)C. The summed E-state index contributed by atoms with van der Waals surface area (Å²) in [5, 5.41) is 12.8. The minimum absolute atomic E-state index is 0.341. The van der Waals surface area contributed by atoms with E-state index in [4.69, 9.17) is 0 Å². The first kappa shape index (κ1) is 18.4. The van der Waals surface area contributed by atoms with E-state index in [-0.39, 0.29) is 0 Å². The van der Waals surface area contributed by atoms with Crippen LogP contribution < -0.4 is 5.32 Å². The van der Waals surface area contributed by atoms with E-state index in [1.165, 1.54) is 0 Å². The number of nitriles is 1. The molecule has 3 nitrogen and oxygen atoms in total. The van der Waals surface area contributed by atoms with Gasteiger partial charge in [-0.05, 0) is 39.0 Å². The van der Waals surface area contributed by atoms with Gasteiger partial charge >= 0.3 is 0 Å². The number of nitrogens with one attached hydrogen (secondary N) is 1. The van der Waals surface area contributed by atoms with E-state index < -0.39 is 5.54 Å². The molecule has 0 aliphatic rings. The van der Waals surface area contributed by atoms with Crippen LogP contribution in [-0.2, 0) is 0 Å². The lowest BCUT2D eigenvalue weighted by atomic mass is 9.97. The molecule has 0 heterocycles. The molecule has 0 aliphatic heterocycles. The molecule has 0 rings (SSSR count). The molecule has 0 amide bonds. The normalized spacial score (nSPS) is 15.3. The van der Waals surface area contributed by atoms with Crippen molar-refractivity contribution in [1.29, 1.82) is 5.26 Å². The fourth-order valence-corrected chi connectivity index (χ4v) is 2.47. The largest absolute Gasteiger partial charge is 0.303 e. The zero-order valence-electron chi connectivity index (χ0n) is 14.0. The van der Waals surface area contributed by atoms with Crippen LogP contribution in [0.1, 0.15) is 54.9 Å². The first-order valence-corrected chi connectivity index (χ1v) is 7.60. The molecule has 0 saturated carbocycles. The van der Waals surface area contributed by atoms with Crippen molar-refractivity contribution in [2.45, 2.75) is 66.5 Å². The van der Waals surface area contributed by atoms with Crippen LogP contribution in [0.25, 0.3) is 0 Å². The van der Waals surface area contributed by atoms with E-state index >= 15 is 0 Å². The minimum atomic E-state index is -0.416. The van der Waals surface area contributed by atoms with Crippen molar-refractivity contribution >= 4 is 0 Å². The summed E-state index contributed by atoms with van der Waals surface area (Å²) in [6.45, 7) is 18.4. The van der Waals surface area contributed by atoms with E-state index in [1.54, 1.807) is 0 Å². The van der Waals surface area contributed by atoms with Crippen molar-refractivity contribution in [3.8, 4) is 6.07 Å². The topological polar surface area (TPSA) is 39.1 Å². The van der Waals surface area contributed by atoms with E-state index in [9.17, 15) is 5.26 Å². The molecule has 1 unspecified atom stereocenters. The number of hydrogen-bond acceptors (Lipinski definition) is 3. The average molecular weight is 267 g/mol. The lowest BCUT2D eigenvalue weighted by molar-refractivity contribution is 0.199. The molecule has 0 saturated heterocycles. The Balaban J connectivity index is 4.46. The Labute approximate surface area is 120 Å². The van der Waals surface area contributed by atoms with Crippen LogP contribution in [0.2, 0.25) is 0 Å². The Hall–Kier alpha value is -0.590. The second-order valence-electron chi connectivity index (χ2n) is 7.04. The third-order valence-corrected chi connectivity index (χ3v) is 3.03. The third-order valence-electron chi connectivity index (χ3n) is 3.03. The van der Waals surface area contributed by atoms with Crippen LogP contribution in [0.4, 0.5) is 0 Å². The molecular weight excluding hydrogens is 234 g/mol. The third kappa shape index (κ3) is 9.02. The maximum atomic E-state index is 9.38. The average Bonchev–Trinajstić information content (AvgIpc) is 2.23. The maximum absolute atomic E-state index is 9.38. The summed E-state index contributed by atoms with van der Waals surface area (Å²) in [6.07, 6.45) is 0.876. The fraction of sp³-hybridized carbons (Fsp3) is 0.938. The second-order valence-corrected chi connectivity index (χ2v) is 7.04. The first-order valence-electron chi connectivity index (χ1n) is 7.60. The number of rotatable bonds is 9. The molecule has 112 valence electrons. The van der Waals surface area contributed by atoms with Gasteiger partial charge in [0.1, 0.15) is 5.54 Å². The molecule has 0 aromatic heterocycles. The summed E-state index contributed by atoms with van der Waals surface area (Å²) in [4.78, 5) is 2.49. The van der Waals surface area contributed by atoms with E-state index in [2.05, 4.69) is 57.8 Å². The van der Waals surface area contributed by atoms with Gasteiger partial charge < -0.3 is 4.90 Å². The molecule has 0 aromatic carbocycles. The van der Waals surface area contributed by atoms with Crippen LogP contribution in [-0.4, -0.2) is 36.1 Å². The van der Waals surface area contributed by atoms with Gasteiger partial charge in [0.15, 0.2) is 0 Å². The molecule has 0 bridgehead atoms. The summed E-state index contributed by atoms with van der Waals surface area (Å²) >= 11 is 0. The van der Waals surface area contributed by atoms with Crippen LogP contribution in [0.3, 0.4) is 0 Å². The Morgan fingerprint density at radius 3 is 1.84 bits per heavy atom. The minimum Gasteiger partial charge on any atom is -0.303 e. The van der Waals surface area contributed by atoms with Crippen molar-refractivity contribution in [2.24, 2.45) is 11.8 Å². The highest BCUT2D eigenvalue weighted by atomic mass is 15.1. The lowest BCUT2D eigenvalue weighted by Crippen LogP contribution is -2.47. The highest BCUT2D eigenvalue weighted by molar-refractivity contribution is 5.04. The Kier molecular flexibility index (Phi) is 8.29. The van der Waals surface area contributed by atoms with Gasteiger partial charge in [-0.3, -0.25) is 5.32 Å². The Morgan fingerprint density at radius 1 is 1.05 bits per heavy atom. The van der Waals surface area contributed by atoms with Gasteiger partial charge in [-0.2, -0.15) is 5.26 Å². The van der Waals surface area contributed by atoms with Gasteiger partial charge in [0.25, 0.3) is 0 Å². The van der Waals surface area contributed by atoms with Crippen molar-refractivity contribution in [1.82, 2.24) is 10.2 Å². The summed E-state index contributed by atoms with van der Waals surface area (Å²) in [5.74, 6) is 1.34. The second kappa shape index (κ2) is 8.55. The highest BCUT2D eigenvalue weighted by Gasteiger charge is 2.25. The van der Waals surface area contributed by atoms with Gasteiger partial charge in [0.05, 0.1) is 6.07 Å². The molecule has 1 N–H and O–H groups in total. The molecule has 3 heteroatoms. The zero-order chi connectivity index (χ0) is 15.1. The predicted octanol–water partition coefficient (Wildman–Crippen LogP) is 3.27. The van der Waals surface area contributed by atoms with E-state index in [0.29, 0.717) is 17.9 Å². The van der Waals surface area contributed by atoms with Crippen LogP contribution in [0, 0.1) is 23.2 Å². The summed E-state index contributed by atoms with van der Waals surface area (Å²) in [7, 11) is 0. The summed E-state index contributed by atoms with van der Waals surface area (Å²) < 4.78 is 0.